The first-order valence-corrected chi connectivity index (χ1v) is 11.1. The molecular formula is C19H24N6O5S. The van der Waals surface area contributed by atoms with E-state index in [1.54, 1.807) is 23.9 Å². The molecule has 1 aliphatic rings. The zero-order valence-electron chi connectivity index (χ0n) is 17.1. The van der Waals surface area contributed by atoms with Crippen LogP contribution in [0.15, 0.2) is 24.8 Å². The second kappa shape index (κ2) is 9.52. The lowest BCUT2D eigenvalue weighted by Gasteiger charge is -2.15. The van der Waals surface area contributed by atoms with Gasteiger partial charge in [-0.25, -0.2) is 15.1 Å². The summed E-state index contributed by atoms with van der Waals surface area (Å²) in [5.74, 6) is 5.31. The Morgan fingerprint density at radius 1 is 1.48 bits per heavy atom. The van der Waals surface area contributed by atoms with Gasteiger partial charge >= 0.3 is 10.3 Å². The summed E-state index contributed by atoms with van der Waals surface area (Å²) < 4.78 is 28.2. The molecular weight excluding hydrogens is 424 g/mol. The Bertz CT molecular complexity index is 1110. The van der Waals surface area contributed by atoms with E-state index in [4.69, 9.17) is 5.14 Å². The Morgan fingerprint density at radius 2 is 2.26 bits per heavy atom. The third kappa shape index (κ3) is 5.86. The van der Waals surface area contributed by atoms with Crippen LogP contribution in [0.3, 0.4) is 0 Å². The molecule has 2 heterocycles. The number of carbonyl (C=O) groups is 1. The van der Waals surface area contributed by atoms with Crippen LogP contribution in [-0.4, -0.2) is 57.8 Å². The number of hydrogen-bond donors (Lipinski definition) is 3. The molecule has 0 unspecified atom stereocenters. The maximum Gasteiger partial charge on any atom is 0.333 e. The number of rotatable bonds is 8. The fraction of sp³-hybridized carbons (Fsp3) is 0.474. The molecule has 1 fully saturated rings. The summed E-state index contributed by atoms with van der Waals surface area (Å²) in [7, 11) is -4.08. The average Bonchev–Trinajstić information content (AvgIpc) is 3.33. The van der Waals surface area contributed by atoms with E-state index in [0.29, 0.717) is 18.7 Å². The van der Waals surface area contributed by atoms with Gasteiger partial charge in [-0.15, -0.1) is 5.92 Å². The van der Waals surface area contributed by atoms with Crippen molar-refractivity contribution in [2.75, 3.05) is 11.9 Å². The van der Waals surface area contributed by atoms with Gasteiger partial charge in [-0.2, -0.15) is 13.5 Å². The van der Waals surface area contributed by atoms with E-state index in [-0.39, 0.29) is 35.7 Å². The third-order valence-corrected chi connectivity index (χ3v) is 5.46. The summed E-state index contributed by atoms with van der Waals surface area (Å²) in [5.41, 5.74) is 0.467. The number of aromatic nitrogens is 4. The highest BCUT2D eigenvalue weighted by molar-refractivity contribution is 7.84. The molecule has 0 spiro atoms. The zero-order valence-corrected chi connectivity index (χ0v) is 17.9. The maximum atomic E-state index is 13.0. The van der Waals surface area contributed by atoms with Gasteiger partial charge in [0, 0.05) is 24.4 Å². The molecule has 31 heavy (non-hydrogen) atoms. The van der Waals surface area contributed by atoms with Crippen LogP contribution in [0.25, 0.3) is 0 Å². The molecule has 11 nitrogen and oxygen atoms in total. The minimum atomic E-state index is -4.08. The van der Waals surface area contributed by atoms with Gasteiger partial charge in [-0.1, -0.05) is 5.92 Å². The van der Waals surface area contributed by atoms with Crippen molar-refractivity contribution < 1.29 is 22.5 Å². The van der Waals surface area contributed by atoms with Gasteiger partial charge in [-0.3, -0.25) is 13.7 Å². The number of nitrogens with two attached hydrogens (primary N) is 1. The molecule has 12 heteroatoms. The van der Waals surface area contributed by atoms with E-state index in [9.17, 15) is 18.3 Å². The Balaban J connectivity index is 1.72. The fourth-order valence-electron chi connectivity index (χ4n) is 3.47. The highest BCUT2D eigenvalue weighted by Gasteiger charge is 2.34. The second-order valence-electron chi connectivity index (χ2n) is 7.28. The number of nitrogens with zero attached hydrogens (tertiary/aromatic N) is 4. The van der Waals surface area contributed by atoms with Crippen molar-refractivity contribution in [3.05, 3.63) is 36.0 Å². The molecule has 4 atom stereocenters. The van der Waals surface area contributed by atoms with E-state index in [1.807, 2.05) is 6.92 Å². The van der Waals surface area contributed by atoms with Crippen LogP contribution in [0, 0.1) is 17.8 Å². The molecule has 0 radical (unpaired) electrons. The molecule has 3 rings (SSSR count). The third-order valence-electron chi connectivity index (χ3n) is 4.99. The Hall–Kier alpha value is -2.85. The molecule has 0 aromatic carbocycles. The first-order valence-electron chi connectivity index (χ1n) is 9.61. The number of ketones is 1. The predicted octanol–water partition coefficient (Wildman–Crippen LogP) is 0.260. The normalized spacial score (nSPS) is 21.9. The minimum absolute atomic E-state index is 0.173. The number of hydrogen-bond acceptors (Lipinski definition) is 9. The number of aliphatic hydroxyl groups is 1. The summed E-state index contributed by atoms with van der Waals surface area (Å²) in [5, 5.41) is 22.5. The highest BCUT2D eigenvalue weighted by Crippen LogP contribution is 2.30. The Labute approximate surface area is 180 Å². The van der Waals surface area contributed by atoms with E-state index in [0.717, 1.165) is 0 Å². The van der Waals surface area contributed by atoms with Crippen LogP contribution in [0.1, 0.15) is 48.8 Å². The van der Waals surface area contributed by atoms with Crippen molar-refractivity contribution >= 4 is 21.9 Å². The van der Waals surface area contributed by atoms with Crippen LogP contribution in [0.4, 0.5) is 5.82 Å². The number of anilines is 1. The van der Waals surface area contributed by atoms with Crippen LogP contribution in [0.2, 0.25) is 0 Å². The van der Waals surface area contributed by atoms with Crippen LogP contribution in [0.5, 0.6) is 0 Å². The summed E-state index contributed by atoms with van der Waals surface area (Å²) in [6.07, 6.45) is 4.36. The molecule has 2 aromatic heterocycles. The Kier molecular flexibility index (Phi) is 7.01. The molecule has 0 bridgehead atoms. The summed E-state index contributed by atoms with van der Waals surface area (Å²) >= 11 is 0. The van der Waals surface area contributed by atoms with E-state index >= 15 is 0 Å². The van der Waals surface area contributed by atoms with Gasteiger partial charge in [0.2, 0.25) is 5.78 Å². The Morgan fingerprint density at radius 3 is 2.97 bits per heavy atom. The van der Waals surface area contributed by atoms with Crippen LogP contribution >= 0.6 is 0 Å². The first kappa shape index (κ1) is 22.8. The second-order valence-corrected chi connectivity index (χ2v) is 8.50. The van der Waals surface area contributed by atoms with Crippen molar-refractivity contribution in [1.29, 1.82) is 0 Å². The van der Waals surface area contributed by atoms with Crippen LogP contribution in [-0.2, 0) is 14.5 Å². The lowest BCUT2D eigenvalue weighted by Crippen LogP contribution is -2.24. The van der Waals surface area contributed by atoms with Crippen molar-refractivity contribution in [3.63, 3.8) is 0 Å². The standard InChI is InChI=1S/C19H24N6O5S/c1-3-4-12(2)25-6-5-16(24-25)18(27)15-9-21-11-22-19(15)23-14-7-13(17(26)8-14)10-30-31(20,28)29/h5-6,9,11-14,17,26H,7-8,10H2,1-2H3,(H2,20,28,29)(H,21,22,23)/t12-,13+,14+,17-/m0/s1. The number of nitrogens with one attached hydrogen (secondary N) is 1. The lowest BCUT2D eigenvalue weighted by molar-refractivity contribution is 0.101. The van der Waals surface area contributed by atoms with Gasteiger partial charge in [0.25, 0.3) is 0 Å². The summed E-state index contributed by atoms with van der Waals surface area (Å²) in [6, 6.07) is 1.18. The predicted molar refractivity (Wildman–Crippen MR) is 111 cm³/mol. The molecule has 0 saturated heterocycles. The van der Waals surface area contributed by atoms with Crippen molar-refractivity contribution in [1.82, 2.24) is 19.7 Å². The highest BCUT2D eigenvalue weighted by atomic mass is 32.2. The van der Waals surface area contributed by atoms with Gasteiger partial charge in [-0.05, 0) is 32.8 Å². The number of carbonyl (C=O) groups excluding carboxylic acids is 1. The SMILES string of the molecule is CC#C[C@H](C)n1ccc(C(=O)c2cncnc2N[C@@H]2C[C@H](COS(N)(=O)=O)[C@@H](O)C2)n1. The first-order chi connectivity index (χ1) is 14.7. The van der Waals surface area contributed by atoms with Crippen LogP contribution < -0.4 is 10.5 Å². The molecule has 0 amide bonds. The quantitative estimate of drug-likeness (QED) is 0.380. The lowest BCUT2D eigenvalue weighted by atomic mass is 10.1. The average molecular weight is 449 g/mol. The van der Waals surface area contributed by atoms with Crippen molar-refractivity contribution in [2.45, 2.75) is 44.9 Å². The molecule has 166 valence electrons. The maximum absolute atomic E-state index is 13.0. The number of aliphatic hydroxyl groups excluding tert-OH is 1. The monoisotopic (exact) mass is 448 g/mol. The van der Waals surface area contributed by atoms with Gasteiger partial charge in [0.1, 0.15) is 23.9 Å². The van der Waals surface area contributed by atoms with Gasteiger partial charge in [0.15, 0.2) is 0 Å². The molecule has 2 aromatic rings. The van der Waals surface area contributed by atoms with E-state index in [2.05, 4.69) is 36.4 Å². The molecule has 1 saturated carbocycles. The summed E-state index contributed by atoms with van der Waals surface area (Å²) in [6.45, 7) is 3.39. The smallest absolute Gasteiger partial charge is 0.333 e. The summed E-state index contributed by atoms with van der Waals surface area (Å²) in [4.78, 5) is 21.1. The van der Waals surface area contributed by atoms with E-state index < -0.39 is 22.3 Å². The van der Waals surface area contributed by atoms with Gasteiger partial charge in [0.05, 0.1) is 18.3 Å². The zero-order chi connectivity index (χ0) is 22.6. The molecule has 1 aliphatic carbocycles. The molecule has 0 aliphatic heterocycles. The van der Waals surface area contributed by atoms with E-state index in [1.165, 1.54) is 12.5 Å². The minimum Gasteiger partial charge on any atom is -0.393 e. The topological polar surface area (TPSA) is 162 Å². The largest absolute Gasteiger partial charge is 0.393 e. The van der Waals surface area contributed by atoms with Gasteiger partial charge < -0.3 is 10.4 Å². The fourth-order valence-corrected chi connectivity index (χ4v) is 3.84. The van der Waals surface area contributed by atoms with Crippen molar-refractivity contribution in [3.8, 4) is 11.8 Å². The van der Waals surface area contributed by atoms with Crippen molar-refractivity contribution in [2.24, 2.45) is 11.1 Å². The molecule has 4 N–H and O–H groups in total.